The zero-order valence-corrected chi connectivity index (χ0v) is 18.2. The molecule has 170 valence electrons. The van der Waals surface area contributed by atoms with Crippen LogP contribution in [0.2, 0.25) is 0 Å². The Hall–Kier alpha value is -4.00. The molecule has 7 nitrogen and oxygen atoms in total. The Bertz CT molecular complexity index is 1170. The highest BCUT2D eigenvalue weighted by Crippen LogP contribution is 2.30. The average molecular weight is 454 g/mol. The molecule has 2 heterocycles. The Morgan fingerprint density at radius 1 is 1.09 bits per heavy atom. The van der Waals surface area contributed by atoms with Gasteiger partial charge in [-0.15, -0.1) is 0 Å². The molecule has 0 radical (unpaired) electrons. The van der Waals surface area contributed by atoms with Crippen molar-refractivity contribution in [2.45, 2.75) is 26.9 Å². The number of nitriles is 1. The van der Waals surface area contributed by atoms with E-state index in [-0.39, 0.29) is 12.4 Å². The Morgan fingerprint density at radius 3 is 2.33 bits per heavy atom. The van der Waals surface area contributed by atoms with Gasteiger partial charge < -0.3 is 0 Å². The van der Waals surface area contributed by atoms with Gasteiger partial charge in [0, 0.05) is 29.9 Å². The molecule has 0 fully saturated rings. The summed E-state index contributed by atoms with van der Waals surface area (Å²) in [4.78, 5) is 24.3. The standard InChI is InChI=1S/C23H21F3N6O/c1-22(2,3)14-32(20-12-18(23(24,25)26)29-19(13-27)30-20)31-21(33)16-9-7-15(8-10-16)17-6-4-5-11-28-17/h4-12H,14H2,1-3H3,(H,31,33). The number of halogens is 3. The first kappa shape index (κ1) is 23.7. The van der Waals surface area contributed by atoms with Gasteiger partial charge in [0.15, 0.2) is 11.5 Å². The van der Waals surface area contributed by atoms with Gasteiger partial charge >= 0.3 is 6.18 Å². The second-order valence-corrected chi connectivity index (χ2v) is 8.42. The summed E-state index contributed by atoms with van der Waals surface area (Å²) < 4.78 is 39.8. The fourth-order valence-electron chi connectivity index (χ4n) is 2.93. The number of hydrogen-bond donors (Lipinski definition) is 1. The molecule has 0 spiro atoms. The number of rotatable bonds is 5. The van der Waals surface area contributed by atoms with Crippen LogP contribution in [0, 0.1) is 16.7 Å². The third-order valence-corrected chi connectivity index (χ3v) is 4.36. The first-order valence-electron chi connectivity index (χ1n) is 9.93. The van der Waals surface area contributed by atoms with E-state index in [9.17, 15) is 18.0 Å². The number of carbonyl (C=O) groups excluding carboxylic acids is 1. The number of amides is 1. The molecule has 0 unspecified atom stereocenters. The normalized spacial score (nSPS) is 11.5. The summed E-state index contributed by atoms with van der Waals surface area (Å²) in [6.45, 7) is 5.69. The molecule has 0 saturated heterocycles. The fraction of sp³-hybridized carbons (Fsp3) is 0.261. The van der Waals surface area contributed by atoms with E-state index in [1.54, 1.807) is 36.5 Å². The van der Waals surface area contributed by atoms with Crippen molar-refractivity contribution < 1.29 is 18.0 Å². The predicted molar refractivity (Wildman–Crippen MR) is 116 cm³/mol. The number of benzene rings is 1. The third kappa shape index (κ3) is 6.26. The van der Waals surface area contributed by atoms with Crippen LogP contribution in [0.3, 0.4) is 0 Å². The summed E-state index contributed by atoms with van der Waals surface area (Å²) in [7, 11) is 0. The van der Waals surface area contributed by atoms with Crippen molar-refractivity contribution in [1.29, 1.82) is 5.26 Å². The molecule has 33 heavy (non-hydrogen) atoms. The molecule has 0 aliphatic heterocycles. The minimum atomic E-state index is -4.78. The van der Waals surface area contributed by atoms with Crippen molar-refractivity contribution in [1.82, 2.24) is 20.4 Å². The highest BCUT2D eigenvalue weighted by Gasteiger charge is 2.35. The van der Waals surface area contributed by atoms with Crippen molar-refractivity contribution in [3.8, 4) is 17.3 Å². The van der Waals surface area contributed by atoms with Gasteiger partial charge in [0.1, 0.15) is 6.07 Å². The summed E-state index contributed by atoms with van der Waals surface area (Å²) in [5.41, 5.74) is 2.75. The zero-order valence-electron chi connectivity index (χ0n) is 18.2. The molecule has 3 rings (SSSR count). The van der Waals surface area contributed by atoms with Gasteiger partial charge in [-0.1, -0.05) is 39.0 Å². The maximum Gasteiger partial charge on any atom is 0.433 e. The second-order valence-electron chi connectivity index (χ2n) is 8.42. The molecule has 2 aromatic heterocycles. The van der Waals surface area contributed by atoms with E-state index < -0.39 is 29.0 Å². The van der Waals surface area contributed by atoms with E-state index in [1.807, 2.05) is 32.9 Å². The molecule has 0 bridgehead atoms. The van der Waals surface area contributed by atoms with Gasteiger partial charge in [0.05, 0.1) is 5.69 Å². The molecular formula is C23H21F3N6O. The van der Waals surface area contributed by atoms with Crippen LogP contribution in [0.5, 0.6) is 0 Å². The highest BCUT2D eigenvalue weighted by atomic mass is 19.4. The maximum absolute atomic E-state index is 13.3. The summed E-state index contributed by atoms with van der Waals surface area (Å²) >= 11 is 0. The van der Waals surface area contributed by atoms with Gasteiger partial charge in [0.25, 0.3) is 5.91 Å². The van der Waals surface area contributed by atoms with Crippen molar-refractivity contribution >= 4 is 11.7 Å². The molecule has 3 aromatic rings. The molecular weight excluding hydrogens is 433 g/mol. The molecule has 0 saturated carbocycles. The summed E-state index contributed by atoms with van der Waals surface area (Å²) in [5.74, 6) is -1.42. The van der Waals surface area contributed by atoms with Gasteiger partial charge in [-0.05, 0) is 29.7 Å². The number of aromatic nitrogens is 3. The van der Waals surface area contributed by atoms with Crippen LogP contribution in [0.25, 0.3) is 11.3 Å². The van der Waals surface area contributed by atoms with Crippen molar-refractivity contribution in [3.05, 3.63) is 71.8 Å². The smallest absolute Gasteiger partial charge is 0.267 e. The van der Waals surface area contributed by atoms with Crippen molar-refractivity contribution in [2.24, 2.45) is 5.41 Å². The lowest BCUT2D eigenvalue weighted by molar-refractivity contribution is -0.141. The van der Waals surface area contributed by atoms with Gasteiger partial charge in [-0.3, -0.25) is 20.2 Å². The summed E-state index contributed by atoms with van der Waals surface area (Å²) in [5, 5.41) is 10.3. The molecule has 1 N–H and O–H groups in total. The average Bonchev–Trinajstić information content (AvgIpc) is 2.77. The van der Waals surface area contributed by atoms with Crippen LogP contribution >= 0.6 is 0 Å². The lowest BCUT2D eigenvalue weighted by Crippen LogP contribution is -2.47. The first-order valence-corrected chi connectivity index (χ1v) is 9.93. The molecule has 0 atom stereocenters. The number of pyridine rings is 1. The summed E-state index contributed by atoms with van der Waals surface area (Å²) in [6.07, 6.45) is -3.12. The first-order chi connectivity index (χ1) is 15.5. The molecule has 0 aliphatic carbocycles. The third-order valence-electron chi connectivity index (χ3n) is 4.36. The second kappa shape index (κ2) is 9.24. The number of hydrazine groups is 1. The van der Waals surface area contributed by atoms with Crippen LogP contribution in [0.4, 0.5) is 19.0 Å². The quantitative estimate of drug-likeness (QED) is 0.565. The number of nitrogens with zero attached hydrogens (tertiary/aromatic N) is 5. The SMILES string of the molecule is CC(C)(C)CN(NC(=O)c1ccc(-c2ccccn2)cc1)c1cc(C(F)(F)F)nc(C#N)n1. The monoisotopic (exact) mass is 454 g/mol. The number of alkyl halides is 3. The number of hydrogen-bond acceptors (Lipinski definition) is 6. The number of nitrogens with one attached hydrogen (secondary N) is 1. The lowest BCUT2D eigenvalue weighted by atomic mass is 9.96. The lowest BCUT2D eigenvalue weighted by Gasteiger charge is -2.31. The minimum absolute atomic E-state index is 0.129. The zero-order chi connectivity index (χ0) is 24.2. The minimum Gasteiger partial charge on any atom is -0.267 e. The molecule has 1 aromatic carbocycles. The van der Waals surface area contributed by atoms with E-state index in [0.29, 0.717) is 11.6 Å². The van der Waals surface area contributed by atoms with Gasteiger partial charge in [0.2, 0.25) is 5.82 Å². The van der Waals surface area contributed by atoms with Crippen molar-refractivity contribution in [3.63, 3.8) is 0 Å². The van der Waals surface area contributed by atoms with E-state index in [4.69, 9.17) is 5.26 Å². The maximum atomic E-state index is 13.3. The van der Waals surface area contributed by atoms with Crippen LogP contribution in [0.1, 0.15) is 42.6 Å². The number of carbonyl (C=O) groups is 1. The van der Waals surface area contributed by atoms with E-state index in [0.717, 1.165) is 11.3 Å². The van der Waals surface area contributed by atoms with Crippen LogP contribution < -0.4 is 10.4 Å². The van der Waals surface area contributed by atoms with Crippen molar-refractivity contribution in [2.75, 3.05) is 11.6 Å². The Labute approximate surface area is 188 Å². The Balaban J connectivity index is 1.91. The Kier molecular flexibility index (Phi) is 6.62. The van der Waals surface area contributed by atoms with Crippen LogP contribution in [-0.2, 0) is 6.18 Å². The van der Waals surface area contributed by atoms with E-state index >= 15 is 0 Å². The molecule has 1 amide bonds. The summed E-state index contributed by atoms with van der Waals surface area (Å²) in [6, 6.07) is 14.4. The topological polar surface area (TPSA) is 94.8 Å². The highest BCUT2D eigenvalue weighted by molar-refractivity contribution is 5.95. The largest absolute Gasteiger partial charge is 0.433 e. The van der Waals surface area contributed by atoms with Crippen LogP contribution in [-0.4, -0.2) is 27.4 Å². The van der Waals surface area contributed by atoms with Crippen LogP contribution in [0.15, 0.2) is 54.7 Å². The molecule has 10 heteroatoms. The van der Waals surface area contributed by atoms with E-state index in [2.05, 4.69) is 20.4 Å². The fourth-order valence-corrected chi connectivity index (χ4v) is 2.93. The van der Waals surface area contributed by atoms with E-state index in [1.165, 1.54) is 11.1 Å². The predicted octanol–water partition coefficient (Wildman–Crippen LogP) is 4.63. The Morgan fingerprint density at radius 2 is 1.79 bits per heavy atom. The van der Waals surface area contributed by atoms with Gasteiger partial charge in [-0.2, -0.15) is 23.4 Å². The van der Waals surface area contributed by atoms with Gasteiger partial charge in [-0.25, -0.2) is 4.98 Å². The number of anilines is 1. The molecule has 0 aliphatic rings.